The number of hydrogen-bond acceptors (Lipinski definition) is 3. The topological polar surface area (TPSA) is 24.5 Å². The summed E-state index contributed by atoms with van der Waals surface area (Å²) in [5.41, 5.74) is 1.25. The standard InChI is InChI=1S/C13H20ClIN2O/c1-17(7-5-16-6-8-18-2)10-11-3-4-13(15)12(14)9-11/h3-4,9,16H,5-8,10H2,1-2H3. The van der Waals surface area contributed by atoms with Crippen LogP contribution in [0.1, 0.15) is 5.56 Å². The zero-order valence-corrected chi connectivity index (χ0v) is 13.8. The van der Waals surface area contributed by atoms with E-state index in [1.807, 2.05) is 6.07 Å². The third kappa shape index (κ3) is 6.33. The molecule has 0 radical (unpaired) electrons. The van der Waals surface area contributed by atoms with Crippen LogP contribution < -0.4 is 5.32 Å². The molecular weight excluding hydrogens is 363 g/mol. The number of nitrogens with zero attached hydrogens (tertiary/aromatic N) is 1. The number of halogens is 2. The summed E-state index contributed by atoms with van der Waals surface area (Å²) in [6, 6.07) is 6.23. The third-order valence-corrected chi connectivity index (χ3v) is 4.16. The number of nitrogens with one attached hydrogen (secondary N) is 1. The summed E-state index contributed by atoms with van der Waals surface area (Å²) in [6.45, 7) is 4.56. The molecule has 0 bridgehead atoms. The first-order chi connectivity index (χ1) is 8.63. The Bertz CT molecular complexity index is 363. The lowest BCUT2D eigenvalue weighted by Gasteiger charge is -2.17. The van der Waals surface area contributed by atoms with E-state index in [0.717, 1.165) is 41.4 Å². The van der Waals surface area contributed by atoms with E-state index in [4.69, 9.17) is 16.3 Å². The monoisotopic (exact) mass is 382 g/mol. The molecule has 102 valence electrons. The molecule has 1 N–H and O–H groups in total. The van der Waals surface area contributed by atoms with Crippen LogP contribution in [0.25, 0.3) is 0 Å². The molecule has 0 aliphatic heterocycles. The Morgan fingerprint density at radius 1 is 1.39 bits per heavy atom. The number of ether oxygens (including phenoxy) is 1. The largest absolute Gasteiger partial charge is 0.383 e. The molecule has 1 aromatic rings. The van der Waals surface area contributed by atoms with Gasteiger partial charge in [-0.25, -0.2) is 0 Å². The van der Waals surface area contributed by atoms with Crippen LogP contribution in [0.15, 0.2) is 18.2 Å². The molecule has 0 atom stereocenters. The smallest absolute Gasteiger partial charge is 0.0587 e. The first-order valence-corrected chi connectivity index (χ1v) is 7.41. The quantitative estimate of drug-likeness (QED) is 0.552. The highest BCUT2D eigenvalue weighted by Gasteiger charge is 2.02. The minimum absolute atomic E-state index is 0.760. The van der Waals surface area contributed by atoms with Crippen molar-refractivity contribution in [2.24, 2.45) is 0 Å². The molecule has 0 spiro atoms. The van der Waals surface area contributed by atoms with Gasteiger partial charge in [-0.3, -0.25) is 0 Å². The van der Waals surface area contributed by atoms with Gasteiger partial charge < -0.3 is 15.0 Å². The Morgan fingerprint density at radius 2 is 2.17 bits per heavy atom. The fourth-order valence-corrected chi connectivity index (χ4v) is 2.14. The van der Waals surface area contributed by atoms with E-state index >= 15 is 0 Å². The van der Waals surface area contributed by atoms with Gasteiger partial charge in [0.2, 0.25) is 0 Å². The van der Waals surface area contributed by atoms with Crippen molar-refractivity contribution in [3.05, 3.63) is 32.4 Å². The maximum atomic E-state index is 6.11. The Labute approximate surface area is 128 Å². The predicted octanol–water partition coefficient (Wildman–Crippen LogP) is 2.61. The van der Waals surface area contributed by atoms with Crippen LogP contribution in [-0.2, 0) is 11.3 Å². The molecule has 1 aromatic carbocycles. The second kappa shape index (κ2) is 9.09. The Hall–Kier alpha value is 0.120. The van der Waals surface area contributed by atoms with Crippen molar-refractivity contribution < 1.29 is 4.74 Å². The fraction of sp³-hybridized carbons (Fsp3) is 0.538. The molecule has 3 nitrogen and oxygen atoms in total. The van der Waals surface area contributed by atoms with Gasteiger partial charge >= 0.3 is 0 Å². The van der Waals surface area contributed by atoms with E-state index in [0.29, 0.717) is 0 Å². The molecule has 0 heterocycles. The van der Waals surface area contributed by atoms with Gasteiger partial charge in [0.25, 0.3) is 0 Å². The molecule has 0 saturated carbocycles. The maximum absolute atomic E-state index is 6.11. The number of likely N-dealkylation sites (N-methyl/N-ethyl adjacent to an activating group) is 1. The van der Waals surface area contributed by atoms with Gasteiger partial charge in [-0.15, -0.1) is 0 Å². The van der Waals surface area contributed by atoms with Crippen molar-refractivity contribution in [1.82, 2.24) is 10.2 Å². The first-order valence-electron chi connectivity index (χ1n) is 5.95. The number of benzene rings is 1. The third-order valence-electron chi connectivity index (χ3n) is 2.59. The van der Waals surface area contributed by atoms with Gasteiger partial charge in [0.1, 0.15) is 0 Å². The number of hydrogen-bond donors (Lipinski definition) is 1. The van der Waals surface area contributed by atoms with Gasteiger partial charge in [0.05, 0.1) is 11.6 Å². The van der Waals surface area contributed by atoms with Crippen LogP contribution in [-0.4, -0.2) is 45.3 Å². The lowest BCUT2D eigenvalue weighted by Crippen LogP contribution is -2.30. The molecule has 0 unspecified atom stereocenters. The van der Waals surface area contributed by atoms with Crippen molar-refractivity contribution >= 4 is 34.2 Å². The second-order valence-corrected chi connectivity index (χ2v) is 5.80. The first kappa shape index (κ1) is 16.2. The van der Waals surface area contributed by atoms with Crippen molar-refractivity contribution in [2.75, 3.05) is 40.4 Å². The van der Waals surface area contributed by atoms with Gasteiger partial charge in [-0.05, 0) is 47.3 Å². The molecule has 0 aliphatic rings. The lowest BCUT2D eigenvalue weighted by molar-refractivity contribution is 0.197. The molecule has 5 heteroatoms. The fourth-order valence-electron chi connectivity index (χ4n) is 1.60. The molecule has 0 aliphatic carbocycles. The van der Waals surface area contributed by atoms with Gasteiger partial charge in [-0.2, -0.15) is 0 Å². The summed E-state index contributed by atoms with van der Waals surface area (Å²) in [5.74, 6) is 0. The molecule has 18 heavy (non-hydrogen) atoms. The summed E-state index contributed by atoms with van der Waals surface area (Å²) < 4.78 is 6.08. The second-order valence-electron chi connectivity index (χ2n) is 4.23. The average Bonchev–Trinajstić information content (AvgIpc) is 2.34. The van der Waals surface area contributed by atoms with E-state index in [1.165, 1.54) is 5.56 Å². The predicted molar refractivity (Wildman–Crippen MR) is 85.2 cm³/mol. The zero-order chi connectivity index (χ0) is 13.4. The van der Waals surface area contributed by atoms with Crippen molar-refractivity contribution in [1.29, 1.82) is 0 Å². The summed E-state index contributed by atoms with van der Waals surface area (Å²) in [7, 11) is 3.83. The zero-order valence-electron chi connectivity index (χ0n) is 10.9. The SMILES string of the molecule is COCCNCCN(C)Cc1ccc(I)c(Cl)c1. The van der Waals surface area contributed by atoms with E-state index in [1.54, 1.807) is 7.11 Å². The van der Waals surface area contributed by atoms with Crippen LogP contribution in [0.2, 0.25) is 5.02 Å². The number of rotatable bonds is 8. The van der Waals surface area contributed by atoms with E-state index < -0.39 is 0 Å². The average molecular weight is 383 g/mol. The Morgan fingerprint density at radius 3 is 2.83 bits per heavy atom. The summed E-state index contributed by atoms with van der Waals surface area (Å²) >= 11 is 8.35. The van der Waals surface area contributed by atoms with Gasteiger partial charge in [0.15, 0.2) is 0 Å². The highest BCUT2D eigenvalue weighted by atomic mass is 127. The van der Waals surface area contributed by atoms with Crippen molar-refractivity contribution in [3.63, 3.8) is 0 Å². The molecule has 0 fully saturated rings. The highest BCUT2D eigenvalue weighted by molar-refractivity contribution is 14.1. The number of methoxy groups -OCH3 is 1. The van der Waals surface area contributed by atoms with Gasteiger partial charge in [0, 0.05) is 36.9 Å². The normalized spacial score (nSPS) is 11.2. The van der Waals surface area contributed by atoms with E-state index in [-0.39, 0.29) is 0 Å². The molecular formula is C13H20ClIN2O. The van der Waals surface area contributed by atoms with Gasteiger partial charge in [-0.1, -0.05) is 17.7 Å². The van der Waals surface area contributed by atoms with Crippen LogP contribution in [0, 0.1) is 3.57 Å². The highest BCUT2D eigenvalue weighted by Crippen LogP contribution is 2.20. The summed E-state index contributed by atoms with van der Waals surface area (Å²) in [6.07, 6.45) is 0. The summed E-state index contributed by atoms with van der Waals surface area (Å²) in [5, 5.41) is 4.16. The molecule has 0 saturated heterocycles. The van der Waals surface area contributed by atoms with Crippen molar-refractivity contribution in [2.45, 2.75) is 6.54 Å². The molecule has 0 aromatic heterocycles. The van der Waals surface area contributed by atoms with E-state index in [9.17, 15) is 0 Å². The maximum Gasteiger partial charge on any atom is 0.0587 e. The molecule has 0 amide bonds. The van der Waals surface area contributed by atoms with Crippen LogP contribution in [0.3, 0.4) is 0 Å². The molecule has 1 rings (SSSR count). The van der Waals surface area contributed by atoms with Crippen LogP contribution in [0.4, 0.5) is 0 Å². The minimum atomic E-state index is 0.760. The van der Waals surface area contributed by atoms with E-state index in [2.05, 4.69) is 52.0 Å². The van der Waals surface area contributed by atoms with Crippen LogP contribution in [0.5, 0.6) is 0 Å². The summed E-state index contributed by atoms with van der Waals surface area (Å²) in [4.78, 5) is 2.28. The Kier molecular flexibility index (Phi) is 8.17. The minimum Gasteiger partial charge on any atom is -0.383 e. The lowest BCUT2D eigenvalue weighted by atomic mass is 10.2. The Balaban J connectivity index is 2.26. The van der Waals surface area contributed by atoms with Crippen LogP contribution >= 0.6 is 34.2 Å². The van der Waals surface area contributed by atoms with Crippen molar-refractivity contribution in [3.8, 4) is 0 Å².